The molecule has 1 aliphatic rings. The predicted molar refractivity (Wildman–Crippen MR) is 66.5 cm³/mol. The minimum atomic E-state index is -0.0941. The van der Waals surface area contributed by atoms with Crippen molar-refractivity contribution < 1.29 is 5.11 Å². The Morgan fingerprint density at radius 1 is 1.41 bits per heavy atom. The van der Waals surface area contributed by atoms with Gasteiger partial charge in [0.15, 0.2) is 0 Å². The van der Waals surface area contributed by atoms with E-state index in [-0.39, 0.29) is 18.6 Å². The van der Waals surface area contributed by atoms with Gasteiger partial charge < -0.3 is 5.11 Å². The summed E-state index contributed by atoms with van der Waals surface area (Å²) in [5.74, 6) is -0.0941. The molecule has 1 aromatic carbocycles. The summed E-state index contributed by atoms with van der Waals surface area (Å²) in [4.78, 5) is 2.24. The van der Waals surface area contributed by atoms with Crippen molar-refractivity contribution in [2.75, 3.05) is 19.7 Å². The molecule has 1 aliphatic heterocycles. The lowest BCUT2D eigenvalue weighted by Crippen LogP contribution is -2.35. The molecule has 3 heteroatoms. The first-order valence-electron chi connectivity index (χ1n) is 6.14. The van der Waals surface area contributed by atoms with Crippen LogP contribution in [0.4, 0.5) is 0 Å². The second-order valence-corrected chi connectivity index (χ2v) is 4.57. The van der Waals surface area contributed by atoms with Crippen molar-refractivity contribution in [1.29, 1.82) is 5.26 Å². The molecule has 0 radical (unpaired) electrons. The van der Waals surface area contributed by atoms with Gasteiger partial charge in [-0.05, 0) is 24.9 Å². The molecule has 1 N–H and O–H groups in total. The summed E-state index contributed by atoms with van der Waals surface area (Å²) in [6, 6.07) is 12.5. The van der Waals surface area contributed by atoms with Gasteiger partial charge in [0.2, 0.25) is 0 Å². The smallest absolute Gasteiger partial charge is 0.0839 e. The van der Waals surface area contributed by atoms with Crippen LogP contribution >= 0.6 is 0 Å². The van der Waals surface area contributed by atoms with Crippen LogP contribution in [0, 0.1) is 11.3 Å². The van der Waals surface area contributed by atoms with Crippen molar-refractivity contribution in [2.24, 2.45) is 0 Å². The van der Waals surface area contributed by atoms with Crippen LogP contribution in [0.15, 0.2) is 30.3 Å². The van der Waals surface area contributed by atoms with Gasteiger partial charge in [-0.25, -0.2) is 0 Å². The van der Waals surface area contributed by atoms with Crippen LogP contribution in [-0.2, 0) is 0 Å². The van der Waals surface area contributed by atoms with Crippen LogP contribution in [0.1, 0.15) is 24.3 Å². The normalized spacial score (nSPS) is 22.2. The SMILES string of the molecule is N#CC(CN1CCC[C@@H]1CO)c1ccccc1. The monoisotopic (exact) mass is 230 g/mol. The topological polar surface area (TPSA) is 47.3 Å². The number of hydrogen-bond donors (Lipinski definition) is 1. The third kappa shape index (κ3) is 2.85. The molecule has 0 aliphatic carbocycles. The fourth-order valence-corrected chi connectivity index (χ4v) is 2.48. The predicted octanol–water partition coefficient (Wildman–Crippen LogP) is 1.75. The second kappa shape index (κ2) is 5.81. The molecule has 0 aromatic heterocycles. The number of benzene rings is 1. The molecule has 2 atom stereocenters. The van der Waals surface area contributed by atoms with Gasteiger partial charge in [-0.15, -0.1) is 0 Å². The Kier molecular flexibility index (Phi) is 4.13. The van der Waals surface area contributed by atoms with E-state index < -0.39 is 0 Å². The molecule has 3 nitrogen and oxygen atoms in total. The highest BCUT2D eigenvalue weighted by Gasteiger charge is 2.26. The summed E-state index contributed by atoms with van der Waals surface area (Å²) in [6.45, 7) is 1.93. The Labute approximate surface area is 102 Å². The summed E-state index contributed by atoms with van der Waals surface area (Å²) in [6.07, 6.45) is 2.17. The molecule has 0 saturated carbocycles. The number of hydrogen-bond acceptors (Lipinski definition) is 3. The Hall–Kier alpha value is -1.37. The molecule has 0 bridgehead atoms. The lowest BCUT2D eigenvalue weighted by molar-refractivity contribution is 0.157. The maximum absolute atomic E-state index is 9.27. The molecular formula is C14H18N2O. The molecule has 90 valence electrons. The highest BCUT2D eigenvalue weighted by molar-refractivity contribution is 5.25. The maximum atomic E-state index is 9.27. The van der Waals surface area contributed by atoms with Gasteiger partial charge in [-0.1, -0.05) is 30.3 Å². The third-order valence-corrected chi connectivity index (χ3v) is 3.48. The number of nitrogens with zero attached hydrogens (tertiary/aromatic N) is 2. The van der Waals surface area contributed by atoms with Crippen LogP contribution < -0.4 is 0 Å². The van der Waals surface area contributed by atoms with E-state index in [2.05, 4.69) is 11.0 Å². The lowest BCUT2D eigenvalue weighted by atomic mass is 10.00. The number of aliphatic hydroxyl groups is 1. The summed E-state index contributed by atoms with van der Waals surface area (Å²) in [7, 11) is 0. The van der Waals surface area contributed by atoms with Crippen LogP contribution in [0.25, 0.3) is 0 Å². The number of likely N-dealkylation sites (tertiary alicyclic amines) is 1. The molecule has 1 aromatic rings. The number of aliphatic hydroxyl groups excluding tert-OH is 1. The van der Waals surface area contributed by atoms with Crippen molar-refractivity contribution in [2.45, 2.75) is 24.8 Å². The second-order valence-electron chi connectivity index (χ2n) is 4.57. The summed E-state index contributed by atoms with van der Waals surface area (Å²) in [5.41, 5.74) is 1.07. The molecule has 0 amide bonds. The average molecular weight is 230 g/mol. The largest absolute Gasteiger partial charge is 0.395 e. The molecular weight excluding hydrogens is 212 g/mol. The lowest BCUT2D eigenvalue weighted by Gasteiger charge is -2.25. The Bertz CT molecular complexity index is 385. The van der Waals surface area contributed by atoms with E-state index in [1.54, 1.807) is 0 Å². The van der Waals surface area contributed by atoms with E-state index >= 15 is 0 Å². The van der Waals surface area contributed by atoms with Crippen molar-refractivity contribution in [1.82, 2.24) is 4.90 Å². The number of rotatable bonds is 4. The first-order valence-corrected chi connectivity index (χ1v) is 6.14. The van der Waals surface area contributed by atoms with Crippen molar-refractivity contribution in [3.63, 3.8) is 0 Å². The summed E-state index contributed by atoms with van der Waals surface area (Å²) >= 11 is 0. The van der Waals surface area contributed by atoms with Crippen molar-refractivity contribution in [3.05, 3.63) is 35.9 Å². The summed E-state index contributed by atoms with van der Waals surface area (Å²) in [5, 5.41) is 18.5. The molecule has 2 rings (SSSR count). The van der Waals surface area contributed by atoms with Crippen molar-refractivity contribution >= 4 is 0 Å². The van der Waals surface area contributed by atoms with E-state index in [1.807, 2.05) is 30.3 Å². The first kappa shape index (κ1) is 12.1. The standard InChI is InChI=1S/C14H18N2O/c15-9-13(12-5-2-1-3-6-12)10-16-8-4-7-14(16)11-17/h1-3,5-6,13-14,17H,4,7-8,10-11H2/t13?,14-/m1/s1. The quantitative estimate of drug-likeness (QED) is 0.857. The van der Waals surface area contributed by atoms with Crippen LogP contribution in [0.5, 0.6) is 0 Å². The minimum Gasteiger partial charge on any atom is -0.395 e. The minimum absolute atomic E-state index is 0.0941. The van der Waals surface area contributed by atoms with Gasteiger partial charge in [0.25, 0.3) is 0 Å². The zero-order chi connectivity index (χ0) is 12.1. The van der Waals surface area contributed by atoms with Gasteiger partial charge in [0, 0.05) is 12.6 Å². The fraction of sp³-hybridized carbons (Fsp3) is 0.500. The van der Waals surface area contributed by atoms with Gasteiger partial charge >= 0.3 is 0 Å². The fourth-order valence-electron chi connectivity index (χ4n) is 2.48. The molecule has 1 unspecified atom stereocenters. The average Bonchev–Trinajstić information content (AvgIpc) is 2.84. The molecule has 17 heavy (non-hydrogen) atoms. The molecule has 1 heterocycles. The van der Waals surface area contributed by atoms with Gasteiger partial charge in [0.1, 0.15) is 0 Å². The molecule has 0 spiro atoms. The zero-order valence-corrected chi connectivity index (χ0v) is 9.92. The van der Waals surface area contributed by atoms with Gasteiger partial charge in [-0.2, -0.15) is 5.26 Å². The van der Waals surface area contributed by atoms with Crippen LogP contribution in [-0.4, -0.2) is 35.7 Å². The number of nitriles is 1. The zero-order valence-electron chi connectivity index (χ0n) is 9.92. The summed E-state index contributed by atoms with van der Waals surface area (Å²) < 4.78 is 0. The first-order chi connectivity index (χ1) is 8.35. The van der Waals surface area contributed by atoms with Gasteiger partial charge in [-0.3, -0.25) is 4.90 Å². The Morgan fingerprint density at radius 3 is 2.82 bits per heavy atom. The Balaban J connectivity index is 2.04. The highest BCUT2D eigenvalue weighted by Crippen LogP contribution is 2.22. The Morgan fingerprint density at radius 2 is 2.18 bits per heavy atom. The maximum Gasteiger partial charge on any atom is 0.0839 e. The van der Waals surface area contributed by atoms with Gasteiger partial charge in [0.05, 0.1) is 18.6 Å². The van der Waals surface area contributed by atoms with E-state index in [0.717, 1.165) is 31.5 Å². The van der Waals surface area contributed by atoms with Crippen LogP contribution in [0.2, 0.25) is 0 Å². The van der Waals surface area contributed by atoms with Crippen LogP contribution in [0.3, 0.4) is 0 Å². The van der Waals surface area contributed by atoms with E-state index in [9.17, 15) is 10.4 Å². The third-order valence-electron chi connectivity index (χ3n) is 3.48. The van der Waals surface area contributed by atoms with E-state index in [0.29, 0.717) is 0 Å². The molecule has 1 fully saturated rings. The highest BCUT2D eigenvalue weighted by atomic mass is 16.3. The van der Waals surface area contributed by atoms with Crippen molar-refractivity contribution in [3.8, 4) is 6.07 Å². The van der Waals surface area contributed by atoms with E-state index in [4.69, 9.17) is 0 Å². The van der Waals surface area contributed by atoms with E-state index in [1.165, 1.54) is 0 Å². The molecule has 1 saturated heterocycles.